The number of rotatable bonds is 5. The third-order valence-corrected chi connectivity index (χ3v) is 4.52. The van der Waals surface area contributed by atoms with Gasteiger partial charge in [0.25, 0.3) is 5.91 Å². The number of nitrogens with zero attached hydrogens (tertiary/aromatic N) is 3. The number of anilines is 2. The van der Waals surface area contributed by atoms with Crippen LogP contribution in [0.5, 0.6) is 0 Å². The first-order chi connectivity index (χ1) is 11.6. The molecule has 0 fully saturated rings. The molecule has 0 spiro atoms. The van der Waals surface area contributed by atoms with Crippen molar-refractivity contribution in [1.82, 2.24) is 15.2 Å². The summed E-state index contributed by atoms with van der Waals surface area (Å²) in [6.45, 7) is 0.262. The van der Waals surface area contributed by atoms with E-state index >= 15 is 0 Å². The van der Waals surface area contributed by atoms with Gasteiger partial charge in [-0.05, 0) is 23.8 Å². The van der Waals surface area contributed by atoms with Crippen molar-refractivity contribution in [2.45, 2.75) is 6.54 Å². The van der Waals surface area contributed by atoms with Gasteiger partial charge in [-0.3, -0.25) is 4.79 Å². The highest BCUT2D eigenvalue weighted by Gasteiger charge is 2.21. The van der Waals surface area contributed by atoms with Gasteiger partial charge in [-0.15, -0.1) is 5.10 Å². The van der Waals surface area contributed by atoms with Gasteiger partial charge in [-0.1, -0.05) is 35.1 Å². The summed E-state index contributed by atoms with van der Waals surface area (Å²) in [7, 11) is 0. The maximum Gasteiger partial charge on any atom is 0.261 e. The number of hydrogen-bond donors (Lipinski definition) is 3. The number of aromatic nitrogens is 3. The van der Waals surface area contributed by atoms with Crippen molar-refractivity contribution in [3.63, 3.8) is 0 Å². The Balaban J connectivity index is 2.10. The predicted octanol–water partition coefficient (Wildman–Crippen LogP) is 2.55. The average Bonchev–Trinajstić information content (AvgIpc) is 2.99. The molecule has 0 unspecified atom stereocenters. The maximum atomic E-state index is 11.8. The van der Waals surface area contributed by atoms with E-state index in [9.17, 15) is 4.79 Å². The molecule has 24 heavy (non-hydrogen) atoms. The number of carbonyl (C=O) groups excluding carboxylic acids is 1. The molecule has 0 aliphatic rings. The van der Waals surface area contributed by atoms with E-state index in [0.29, 0.717) is 32.1 Å². The predicted molar refractivity (Wildman–Crippen MR) is 94.3 cm³/mol. The van der Waals surface area contributed by atoms with Crippen LogP contribution in [0.25, 0.3) is 11.3 Å². The molecule has 2 aromatic heterocycles. The van der Waals surface area contributed by atoms with E-state index in [0.717, 1.165) is 16.9 Å². The zero-order valence-electron chi connectivity index (χ0n) is 12.4. The zero-order chi connectivity index (χ0) is 17.1. The lowest BCUT2D eigenvalue weighted by atomic mass is 10.0. The number of amides is 1. The third kappa shape index (κ3) is 3.21. The number of nitrogens with two attached hydrogens (primary N) is 2. The molecule has 0 aliphatic carbocycles. The van der Waals surface area contributed by atoms with Crippen LogP contribution in [0.15, 0.2) is 36.5 Å². The third-order valence-electron chi connectivity index (χ3n) is 3.21. The van der Waals surface area contributed by atoms with Gasteiger partial charge in [0.15, 0.2) is 10.9 Å². The van der Waals surface area contributed by atoms with Crippen LogP contribution < -0.4 is 16.8 Å². The molecule has 2 heterocycles. The van der Waals surface area contributed by atoms with E-state index in [-0.39, 0.29) is 6.54 Å². The van der Waals surface area contributed by atoms with Crippen molar-refractivity contribution in [3.8, 4) is 11.3 Å². The van der Waals surface area contributed by atoms with E-state index in [1.54, 1.807) is 30.5 Å². The molecule has 1 amide bonds. The summed E-state index contributed by atoms with van der Waals surface area (Å²) in [4.78, 5) is 16.6. The second-order valence-electron chi connectivity index (χ2n) is 4.77. The zero-order valence-corrected chi connectivity index (χ0v) is 13.9. The molecule has 3 aromatic rings. The number of carbonyl (C=O) groups is 1. The number of thiazole rings is 1. The molecule has 0 saturated heterocycles. The fraction of sp³-hybridized carbons (Fsp3) is 0.0667. The summed E-state index contributed by atoms with van der Waals surface area (Å²) >= 11 is 7.42. The summed E-state index contributed by atoms with van der Waals surface area (Å²) < 4.78 is 0. The van der Waals surface area contributed by atoms with Crippen LogP contribution in [-0.4, -0.2) is 21.1 Å². The van der Waals surface area contributed by atoms with Crippen molar-refractivity contribution in [2.24, 2.45) is 11.5 Å². The van der Waals surface area contributed by atoms with Gasteiger partial charge in [0.05, 0.1) is 10.7 Å². The maximum absolute atomic E-state index is 11.8. The molecule has 9 heteroatoms. The van der Waals surface area contributed by atoms with E-state index in [2.05, 4.69) is 20.5 Å². The summed E-state index contributed by atoms with van der Waals surface area (Å²) in [5.74, 6) is -0.0791. The van der Waals surface area contributed by atoms with Crippen LogP contribution in [0.2, 0.25) is 5.02 Å². The average molecular weight is 361 g/mol. The standard InChI is InChI=1S/C15H13ClN6OS/c16-9-4-1-3-8(7-17)11(9)12-13(14(18)23)24-15(21-12)20-10-5-2-6-19-22-10/h1-6H,7,17H2,(H2,18,23)(H,20,21,22). The summed E-state index contributed by atoms with van der Waals surface area (Å²) in [6, 6.07) is 8.82. The minimum absolute atomic E-state index is 0.262. The topological polar surface area (TPSA) is 120 Å². The second kappa shape index (κ2) is 6.91. The molecule has 1 aromatic carbocycles. The first kappa shape index (κ1) is 16.3. The molecule has 122 valence electrons. The molecule has 0 bridgehead atoms. The Bertz CT molecular complexity index is 883. The lowest BCUT2D eigenvalue weighted by Gasteiger charge is -2.08. The Labute approximate surface area is 146 Å². The first-order valence-corrected chi connectivity index (χ1v) is 8.12. The molecule has 3 rings (SSSR count). The summed E-state index contributed by atoms with van der Waals surface area (Å²) in [6.07, 6.45) is 1.56. The molecule has 0 atom stereocenters. The highest BCUT2D eigenvalue weighted by atomic mass is 35.5. The molecular formula is C15H13ClN6OS. The van der Waals surface area contributed by atoms with Gasteiger partial charge in [0.2, 0.25) is 0 Å². The van der Waals surface area contributed by atoms with E-state index in [1.807, 2.05) is 6.07 Å². The van der Waals surface area contributed by atoms with Crippen LogP contribution in [0.4, 0.5) is 10.9 Å². The van der Waals surface area contributed by atoms with Crippen LogP contribution in [-0.2, 0) is 6.54 Å². The number of benzene rings is 1. The molecule has 0 saturated carbocycles. The van der Waals surface area contributed by atoms with Crippen LogP contribution in [0.1, 0.15) is 15.2 Å². The van der Waals surface area contributed by atoms with Crippen LogP contribution in [0, 0.1) is 0 Å². The molecule has 5 N–H and O–H groups in total. The van der Waals surface area contributed by atoms with Crippen LogP contribution >= 0.6 is 22.9 Å². The summed E-state index contributed by atoms with van der Waals surface area (Å²) in [5, 5.41) is 11.6. The van der Waals surface area contributed by atoms with Crippen molar-refractivity contribution in [3.05, 3.63) is 52.0 Å². The first-order valence-electron chi connectivity index (χ1n) is 6.93. The smallest absolute Gasteiger partial charge is 0.261 e. The Kier molecular flexibility index (Phi) is 4.70. The second-order valence-corrected chi connectivity index (χ2v) is 6.18. The SMILES string of the molecule is NCc1cccc(Cl)c1-c1nc(Nc2cccnn2)sc1C(N)=O. The lowest BCUT2D eigenvalue weighted by molar-refractivity contribution is 0.100. The van der Waals surface area contributed by atoms with Gasteiger partial charge < -0.3 is 16.8 Å². The largest absolute Gasteiger partial charge is 0.365 e. The lowest BCUT2D eigenvalue weighted by Crippen LogP contribution is -2.11. The molecular weight excluding hydrogens is 348 g/mol. The number of hydrogen-bond acceptors (Lipinski definition) is 7. The molecule has 0 radical (unpaired) electrons. The number of nitrogens with one attached hydrogen (secondary N) is 1. The van der Waals surface area contributed by atoms with Gasteiger partial charge in [0, 0.05) is 18.3 Å². The van der Waals surface area contributed by atoms with Crippen molar-refractivity contribution in [2.75, 3.05) is 5.32 Å². The highest BCUT2D eigenvalue weighted by molar-refractivity contribution is 7.18. The van der Waals surface area contributed by atoms with Gasteiger partial charge >= 0.3 is 0 Å². The quantitative estimate of drug-likeness (QED) is 0.643. The van der Waals surface area contributed by atoms with Gasteiger partial charge in [0.1, 0.15) is 4.88 Å². The number of primary amides is 1. The Morgan fingerprint density at radius 3 is 2.79 bits per heavy atom. The minimum atomic E-state index is -0.586. The van der Waals surface area contributed by atoms with Crippen LogP contribution in [0.3, 0.4) is 0 Å². The van der Waals surface area contributed by atoms with Crippen molar-refractivity contribution in [1.29, 1.82) is 0 Å². The van der Waals surface area contributed by atoms with E-state index in [1.165, 1.54) is 0 Å². The van der Waals surface area contributed by atoms with E-state index in [4.69, 9.17) is 23.1 Å². The Morgan fingerprint density at radius 2 is 2.12 bits per heavy atom. The number of halogens is 1. The molecule has 7 nitrogen and oxygen atoms in total. The minimum Gasteiger partial charge on any atom is -0.365 e. The van der Waals surface area contributed by atoms with Crippen molar-refractivity contribution < 1.29 is 4.79 Å². The van der Waals surface area contributed by atoms with E-state index < -0.39 is 5.91 Å². The van der Waals surface area contributed by atoms with Gasteiger partial charge in [-0.25, -0.2) is 4.98 Å². The fourth-order valence-electron chi connectivity index (χ4n) is 2.19. The highest BCUT2D eigenvalue weighted by Crippen LogP contribution is 2.37. The molecule has 0 aliphatic heterocycles. The summed E-state index contributed by atoms with van der Waals surface area (Å²) in [5.41, 5.74) is 13.1. The fourth-order valence-corrected chi connectivity index (χ4v) is 3.31. The normalized spacial score (nSPS) is 10.6. The van der Waals surface area contributed by atoms with Gasteiger partial charge in [-0.2, -0.15) is 5.10 Å². The van der Waals surface area contributed by atoms with Crippen molar-refractivity contribution >= 4 is 39.8 Å². The Morgan fingerprint density at radius 1 is 1.29 bits per heavy atom. The monoisotopic (exact) mass is 360 g/mol. The Hall–Kier alpha value is -2.55.